The molecule has 0 bridgehead atoms. The number of ether oxygens (including phenoxy) is 1. The van der Waals surface area contributed by atoms with Gasteiger partial charge >= 0.3 is 0 Å². The van der Waals surface area contributed by atoms with Crippen LogP contribution in [-0.2, 0) is 4.74 Å². The molecule has 2 rings (SSSR count). The molecule has 1 aliphatic heterocycles. The van der Waals surface area contributed by atoms with Crippen molar-refractivity contribution in [3.05, 3.63) is 28.2 Å². The Bertz CT molecular complexity index is 490. The Morgan fingerprint density at radius 3 is 2.76 bits per heavy atom. The van der Waals surface area contributed by atoms with Gasteiger partial charge < -0.3 is 15.0 Å². The van der Waals surface area contributed by atoms with Crippen LogP contribution in [-0.4, -0.2) is 31.3 Å². The van der Waals surface area contributed by atoms with Crippen LogP contribution >= 0.6 is 15.9 Å². The predicted octanol–water partition coefficient (Wildman–Crippen LogP) is 4.12. The van der Waals surface area contributed by atoms with Crippen molar-refractivity contribution in [3.8, 4) is 0 Å². The van der Waals surface area contributed by atoms with E-state index in [9.17, 15) is 0 Å². The van der Waals surface area contributed by atoms with Gasteiger partial charge in [0.25, 0.3) is 0 Å². The second kappa shape index (κ2) is 6.67. The molecule has 21 heavy (non-hydrogen) atoms. The molecule has 0 aliphatic carbocycles. The number of morpholine rings is 1. The third kappa shape index (κ3) is 4.21. The van der Waals surface area contributed by atoms with Crippen molar-refractivity contribution in [1.29, 1.82) is 0 Å². The fraction of sp³-hybridized carbons (Fsp3) is 0.647. The Morgan fingerprint density at radius 1 is 1.48 bits per heavy atom. The van der Waals surface area contributed by atoms with E-state index in [0.717, 1.165) is 19.6 Å². The van der Waals surface area contributed by atoms with Crippen molar-refractivity contribution < 1.29 is 4.74 Å². The molecule has 0 saturated carbocycles. The van der Waals surface area contributed by atoms with E-state index in [1.54, 1.807) is 0 Å². The van der Waals surface area contributed by atoms with E-state index in [2.05, 4.69) is 79.0 Å². The van der Waals surface area contributed by atoms with Crippen LogP contribution in [0.5, 0.6) is 0 Å². The standard InChI is InChI=1S/C17H27BrN2O/c1-6-19-13(3)15-8-7-14(9-16(15)18)20-10-12(2)21-17(4,5)11-20/h7-9,12-13,19H,6,10-11H2,1-5H3. The Morgan fingerprint density at radius 2 is 2.19 bits per heavy atom. The Balaban J connectivity index is 2.19. The molecule has 0 spiro atoms. The topological polar surface area (TPSA) is 24.5 Å². The lowest BCUT2D eigenvalue weighted by Crippen LogP contribution is -2.52. The number of hydrogen-bond acceptors (Lipinski definition) is 3. The fourth-order valence-corrected chi connectivity index (χ4v) is 3.84. The Kier molecular flexibility index (Phi) is 5.33. The van der Waals surface area contributed by atoms with Crippen molar-refractivity contribution in [2.75, 3.05) is 24.5 Å². The minimum Gasteiger partial charge on any atom is -0.369 e. The van der Waals surface area contributed by atoms with Crippen LogP contribution in [0.3, 0.4) is 0 Å². The summed E-state index contributed by atoms with van der Waals surface area (Å²) in [4.78, 5) is 2.42. The summed E-state index contributed by atoms with van der Waals surface area (Å²) in [6.07, 6.45) is 0.257. The lowest BCUT2D eigenvalue weighted by Gasteiger charge is -2.43. The molecule has 2 atom stereocenters. The maximum Gasteiger partial charge on any atom is 0.0805 e. The second-order valence-corrected chi connectivity index (χ2v) is 7.41. The van der Waals surface area contributed by atoms with Gasteiger partial charge in [0.15, 0.2) is 0 Å². The highest BCUT2D eigenvalue weighted by atomic mass is 79.9. The van der Waals surface area contributed by atoms with E-state index >= 15 is 0 Å². The summed E-state index contributed by atoms with van der Waals surface area (Å²) < 4.78 is 7.16. The molecule has 0 amide bonds. The number of benzene rings is 1. The molecule has 3 nitrogen and oxygen atoms in total. The average Bonchev–Trinajstić information content (AvgIpc) is 2.36. The van der Waals surface area contributed by atoms with E-state index < -0.39 is 0 Å². The van der Waals surface area contributed by atoms with Gasteiger partial charge in [-0.2, -0.15) is 0 Å². The SMILES string of the molecule is CCNC(C)c1ccc(N2CC(C)OC(C)(C)C2)cc1Br. The molecule has 0 aromatic heterocycles. The van der Waals surface area contributed by atoms with Crippen LogP contribution in [0.25, 0.3) is 0 Å². The molecule has 1 heterocycles. The molecule has 1 saturated heterocycles. The lowest BCUT2D eigenvalue weighted by atomic mass is 10.0. The molecule has 118 valence electrons. The molecule has 1 fully saturated rings. The summed E-state index contributed by atoms with van der Waals surface area (Å²) in [7, 11) is 0. The first kappa shape index (κ1) is 16.8. The molecule has 2 unspecified atom stereocenters. The predicted molar refractivity (Wildman–Crippen MR) is 93.1 cm³/mol. The normalized spacial score (nSPS) is 23.1. The lowest BCUT2D eigenvalue weighted by molar-refractivity contribution is -0.0749. The van der Waals surface area contributed by atoms with Gasteiger partial charge in [0.05, 0.1) is 11.7 Å². The fourth-order valence-electron chi connectivity index (χ4n) is 3.13. The number of anilines is 1. The zero-order valence-corrected chi connectivity index (χ0v) is 15.3. The highest BCUT2D eigenvalue weighted by molar-refractivity contribution is 9.10. The van der Waals surface area contributed by atoms with Crippen LogP contribution in [0.4, 0.5) is 5.69 Å². The minimum atomic E-state index is -0.0973. The van der Waals surface area contributed by atoms with Gasteiger partial charge in [-0.25, -0.2) is 0 Å². The Labute approximate surface area is 137 Å². The van der Waals surface area contributed by atoms with Crippen molar-refractivity contribution >= 4 is 21.6 Å². The molecule has 1 aliphatic rings. The van der Waals surface area contributed by atoms with E-state index in [4.69, 9.17) is 4.74 Å². The molecule has 1 aromatic rings. The summed E-state index contributed by atoms with van der Waals surface area (Å²) in [5.41, 5.74) is 2.47. The van der Waals surface area contributed by atoms with Gasteiger partial charge in [-0.3, -0.25) is 0 Å². The maximum absolute atomic E-state index is 5.99. The van der Waals surface area contributed by atoms with Crippen LogP contribution in [0.15, 0.2) is 22.7 Å². The third-order valence-corrected chi connectivity index (χ3v) is 4.58. The first-order valence-electron chi connectivity index (χ1n) is 7.78. The summed E-state index contributed by atoms with van der Waals surface area (Å²) in [5, 5.41) is 3.46. The monoisotopic (exact) mass is 354 g/mol. The van der Waals surface area contributed by atoms with Gasteiger partial charge in [-0.15, -0.1) is 0 Å². The number of nitrogens with one attached hydrogen (secondary N) is 1. The van der Waals surface area contributed by atoms with Crippen LogP contribution in [0, 0.1) is 0 Å². The number of halogens is 1. The van der Waals surface area contributed by atoms with Crippen molar-refractivity contribution in [3.63, 3.8) is 0 Å². The zero-order chi connectivity index (χ0) is 15.6. The zero-order valence-electron chi connectivity index (χ0n) is 13.7. The van der Waals surface area contributed by atoms with Crippen LogP contribution < -0.4 is 10.2 Å². The van der Waals surface area contributed by atoms with E-state index in [1.165, 1.54) is 15.7 Å². The molecule has 4 heteroatoms. The first-order valence-corrected chi connectivity index (χ1v) is 8.57. The quantitative estimate of drug-likeness (QED) is 0.879. The smallest absolute Gasteiger partial charge is 0.0805 e. The molecule has 0 radical (unpaired) electrons. The van der Waals surface area contributed by atoms with Crippen molar-refractivity contribution in [2.24, 2.45) is 0 Å². The van der Waals surface area contributed by atoms with Crippen LogP contribution in [0.1, 0.15) is 46.2 Å². The van der Waals surface area contributed by atoms with E-state index in [1.807, 2.05) is 0 Å². The number of rotatable bonds is 4. The summed E-state index contributed by atoms with van der Waals surface area (Å²) in [5.74, 6) is 0. The summed E-state index contributed by atoms with van der Waals surface area (Å²) in [6, 6.07) is 7.04. The van der Waals surface area contributed by atoms with Gasteiger partial charge in [0.1, 0.15) is 0 Å². The average molecular weight is 355 g/mol. The largest absolute Gasteiger partial charge is 0.369 e. The van der Waals surface area contributed by atoms with Crippen molar-refractivity contribution in [1.82, 2.24) is 5.32 Å². The third-order valence-electron chi connectivity index (χ3n) is 3.90. The van der Waals surface area contributed by atoms with Gasteiger partial charge in [-0.1, -0.05) is 28.9 Å². The van der Waals surface area contributed by atoms with E-state index in [-0.39, 0.29) is 11.7 Å². The van der Waals surface area contributed by atoms with Gasteiger partial charge in [0.2, 0.25) is 0 Å². The first-order chi connectivity index (χ1) is 9.82. The molecule has 1 N–H and O–H groups in total. The minimum absolute atomic E-state index is 0.0973. The van der Waals surface area contributed by atoms with Gasteiger partial charge in [0, 0.05) is 29.3 Å². The summed E-state index contributed by atoms with van der Waals surface area (Å²) >= 11 is 3.73. The number of hydrogen-bond donors (Lipinski definition) is 1. The van der Waals surface area contributed by atoms with Gasteiger partial charge in [-0.05, 0) is 51.9 Å². The van der Waals surface area contributed by atoms with Crippen LogP contribution in [0.2, 0.25) is 0 Å². The maximum atomic E-state index is 5.99. The number of nitrogens with zero attached hydrogens (tertiary/aromatic N) is 1. The van der Waals surface area contributed by atoms with E-state index in [0.29, 0.717) is 6.04 Å². The molecule has 1 aromatic carbocycles. The molecular formula is C17H27BrN2O. The Hall–Kier alpha value is -0.580. The molecular weight excluding hydrogens is 328 g/mol. The second-order valence-electron chi connectivity index (χ2n) is 6.55. The summed E-state index contributed by atoms with van der Waals surface area (Å²) in [6.45, 7) is 13.6. The highest BCUT2D eigenvalue weighted by Gasteiger charge is 2.31. The highest BCUT2D eigenvalue weighted by Crippen LogP contribution is 2.31. The van der Waals surface area contributed by atoms with Crippen molar-refractivity contribution in [2.45, 2.75) is 52.4 Å².